The molecule has 0 atom stereocenters. The zero-order valence-corrected chi connectivity index (χ0v) is 10.4. The molecule has 0 heterocycles. The molecule has 0 aliphatic carbocycles. The van der Waals surface area contributed by atoms with Gasteiger partial charge in [0.25, 0.3) is 10.1 Å². The lowest BCUT2D eigenvalue weighted by atomic mass is 10.2. The molecule has 0 aromatic heterocycles. The SMILES string of the molecule is CC(C)(S)OS(=O)(=O)Cc1ccccc1. The Bertz CT molecular complexity index is 404. The van der Waals surface area contributed by atoms with Gasteiger partial charge in [-0.1, -0.05) is 30.3 Å². The van der Waals surface area contributed by atoms with E-state index in [-0.39, 0.29) is 5.75 Å². The van der Waals surface area contributed by atoms with Crippen LogP contribution < -0.4 is 0 Å². The highest BCUT2D eigenvalue weighted by Crippen LogP contribution is 2.19. The summed E-state index contributed by atoms with van der Waals surface area (Å²) in [5.41, 5.74) is 0.704. The zero-order chi connectivity index (χ0) is 11.5. The molecule has 0 aliphatic heterocycles. The van der Waals surface area contributed by atoms with Crippen molar-refractivity contribution in [3.05, 3.63) is 35.9 Å². The van der Waals surface area contributed by atoms with Crippen molar-refractivity contribution < 1.29 is 12.6 Å². The lowest BCUT2D eigenvalue weighted by Gasteiger charge is -2.17. The fraction of sp³-hybridized carbons (Fsp3) is 0.400. The summed E-state index contributed by atoms with van der Waals surface area (Å²) in [5, 5.41) is 0. The average Bonchev–Trinajstić information content (AvgIpc) is 1.99. The van der Waals surface area contributed by atoms with Crippen LogP contribution in [0.2, 0.25) is 0 Å². The van der Waals surface area contributed by atoms with Crippen molar-refractivity contribution in [1.82, 2.24) is 0 Å². The highest BCUT2D eigenvalue weighted by molar-refractivity contribution is 7.87. The van der Waals surface area contributed by atoms with Crippen molar-refractivity contribution in [2.24, 2.45) is 0 Å². The Labute approximate surface area is 96.0 Å². The van der Waals surface area contributed by atoms with Gasteiger partial charge in [0.15, 0.2) is 0 Å². The van der Waals surface area contributed by atoms with Crippen LogP contribution in [0.15, 0.2) is 30.3 Å². The quantitative estimate of drug-likeness (QED) is 0.503. The van der Waals surface area contributed by atoms with Crippen LogP contribution in [0.3, 0.4) is 0 Å². The minimum Gasteiger partial charge on any atom is -0.253 e. The van der Waals surface area contributed by atoms with Crippen molar-refractivity contribution in [3.8, 4) is 0 Å². The van der Waals surface area contributed by atoms with E-state index >= 15 is 0 Å². The standard InChI is InChI=1S/C10H14O3S2/c1-10(2,14)13-15(11,12)8-9-6-4-3-5-7-9/h3-7,14H,8H2,1-2H3. The van der Waals surface area contributed by atoms with E-state index in [1.165, 1.54) is 0 Å². The maximum Gasteiger partial charge on any atom is 0.272 e. The van der Waals surface area contributed by atoms with E-state index in [1.807, 2.05) is 6.07 Å². The molecule has 1 aromatic rings. The summed E-state index contributed by atoms with van der Waals surface area (Å²) < 4.78 is 28.0. The van der Waals surface area contributed by atoms with Crippen LogP contribution >= 0.6 is 12.6 Å². The molecule has 3 nitrogen and oxygen atoms in total. The van der Waals surface area contributed by atoms with E-state index in [0.29, 0.717) is 5.56 Å². The van der Waals surface area contributed by atoms with E-state index in [0.717, 1.165) is 0 Å². The topological polar surface area (TPSA) is 43.4 Å². The Hall–Kier alpha value is -0.520. The molecule has 0 saturated carbocycles. The first-order valence-corrected chi connectivity index (χ1v) is 6.51. The summed E-state index contributed by atoms with van der Waals surface area (Å²) in [6, 6.07) is 8.89. The second-order valence-electron chi connectivity index (χ2n) is 3.72. The van der Waals surface area contributed by atoms with Gasteiger partial charge in [0.05, 0.1) is 0 Å². The Balaban J connectivity index is 2.74. The lowest BCUT2D eigenvalue weighted by Crippen LogP contribution is -2.22. The summed E-state index contributed by atoms with van der Waals surface area (Å²) in [6.45, 7) is 3.16. The van der Waals surface area contributed by atoms with Gasteiger partial charge in [0, 0.05) is 0 Å². The molecule has 15 heavy (non-hydrogen) atoms. The highest BCUT2D eigenvalue weighted by Gasteiger charge is 2.22. The Morgan fingerprint density at radius 1 is 1.27 bits per heavy atom. The molecule has 0 unspecified atom stereocenters. The summed E-state index contributed by atoms with van der Waals surface area (Å²) >= 11 is 4.01. The Morgan fingerprint density at radius 2 is 1.80 bits per heavy atom. The minimum absolute atomic E-state index is 0.127. The molecule has 5 heteroatoms. The third kappa shape index (κ3) is 5.20. The van der Waals surface area contributed by atoms with Gasteiger partial charge >= 0.3 is 0 Å². The van der Waals surface area contributed by atoms with Crippen molar-refractivity contribution in [3.63, 3.8) is 0 Å². The molecule has 0 spiro atoms. The van der Waals surface area contributed by atoms with Gasteiger partial charge in [-0.25, -0.2) is 0 Å². The Morgan fingerprint density at radius 3 is 2.27 bits per heavy atom. The monoisotopic (exact) mass is 246 g/mol. The fourth-order valence-corrected chi connectivity index (χ4v) is 2.74. The molecule has 0 bridgehead atoms. The number of hydrogen-bond donors (Lipinski definition) is 1. The third-order valence-corrected chi connectivity index (χ3v) is 3.09. The first kappa shape index (κ1) is 12.5. The molecule has 0 N–H and O–H groups in total. The molecular weight excluding hydrogens is 232 g/mol. The highest BCUT2D eigenvalue weighted by atomic mass is 32.2. The van der Waals surface area contributed by atoms with Crippen LogP contribution in [-0.4, -0.2) is 13.4 Å². The third-order valence-electron chi connectivity index (χ3n) is 1.52. The summed E-state index contributed by atoms with van der Waals surface area (Å²) in [6.07, 6.45) is 0. The predicted molar refractivity (Wildman–Crippen MR) is 63.2 cm³/mol. The molecule has 84 valence electrons. The van der Waals surface area contributed by atoms with Crippen molar-refractivity contribution >= 4 is 22.7 Å². The smallest absolute Gasteiger partial charge is 0.253 e. The molecule has 1 rings (SSSR count). The lowest BCUT2D eigenvalue weighted by molar-refractivity contribution is 0.217. The summed E-state index contributed by atoms with van der Waals surface area (Å²) in [7, 11) is -3.57. The largest absolute Gasteiger partial charge is 0.272 e. The minimum atomic E-state index is -3.57. The van der Waals surface area contributed by atoms with Gasteiger partial charge in [-0.2, -0.15) is 8.42 Å². The van der Waals surface area contributed by atoms with Crippen LogP contribution in [0.25, 0.3) is 0 Å². The fourth-order valence-electron chi connectivity index (χ4n) is 1.12. The van der Waals surface area contributed by atoms with Gasteiger partial charge in [-0.15, -0.1) is 12.6 Å². The number of rotatable bonds is 4. The zero-order valence-electron chi connectivity index (χ0n) is 8.67. The van der Waals surface area contributed by atoms with Crippen molar-refractivity contribution in [1.29, 1.82) is 0 Å². The van der Waals surface area contributed by atoms with Crippen LogP contribution in [0.4, 0.5) is 0 Å². The summed E-state index contributed by atoms with van der Waals surface area (Å²) in [5.74, 6) is -0.127. The van der Waals surface area contributed by atoms with E-state index in [9.17, 15) is 8.42 Å². The Kier molecular flexibility index (Phi) is 3.81. The molecular formula is C10H14O3S2. The predicted octanol–water partition coefficient (Wildman–Crippen LogP) is 2.20. The molecule has 0 amide bonds. The van der Waals surface area contributed by atoms with Crippen LogP contribution in [0.5, 0.6) is 0 Å². The number of thiol groups is 1. The maximum absolute atomic E-state index is 11.5. The number of hydrogen-bond acceptors (Lipinski definition) is 4. The van der Waals surface area contributed by atoms with Crippen molar-refractivity contribution in [2.45, 2.75) is 24.5 Å². The maximum atomic E-state index is 11.5. The van der Waals surface area contributed by atoms with Gasteiger partial charge in [-0.05, 0) is 19.4 Å². The van der Waals surface area contributed by atoms with Crippen LogP contribution in [-0.2, 0) is 20.1 Å². The first-order chi connectivity index (χ1) is 6.79. The van der Waals surface area contributed by atoms with E-state index in [2.05, 4.69) is 12.6 Å². The van der Waals surface area contributed by atoms with Gasteiger partial charge in [0.1, 0.15) is 10.7 Å². The van der Waals surface area contributed by atoms with E-state index < -0.39 is 15.1 Å². The molecule has 0 fully saturated rings. The average molecular weight is 246 g/mol. The summed E-state index contributed by atoms with van der Waals surface area (Å²) in [4.78, 5) is -0.979. The van der Waals surface area contributed by atoms with Gasteiger partial charge in [-0.3, -0.25) is 4.18 Å². The molecule has 0 saturated heterocycles. The number of benzene rings is 1. The van der Waals surface area contributed by atoms with Gasteiger partial charge < -0.3 is 0 Å². The second-order valence-corrected chi connectivity index (χ2v) is 6.37. The van der Waals surface area contributed by atoms with E-state index in [4.69, 9.17) is 4.18 Å². The molecule has 0 radical (unpaired) electrons. The van der Waals surface area contributed by atoms with E-state index in [1.54, 1.807) is 38.1 Å². The van der Waals surface area contributed by atoms with Crippen molar-refractivity contribution in [2.75, 3.05) is 0 Å². The molecule has 0 aliphatic rings. The second kappa shape index (κ2) is 4.55. The van der Waals surface area contributed by atoms with Crippen LogP contribution in [0, 0.1) is 0 Å². The molecule has 1 aromatic carbocycles. The van der Waals surface area contributed by atoms with Crippen LogP contribution in [0.1, 0.15) is 19.4 Å². The van der Waals surface area contributed by atoms with Gasteiger partial charge in [0.2, 0.25) is 0 Å². The normalized spacial score (nSPS) is 12.7. The first-order valence-electron chi connectivity index (χ1n) is 4.48.